The highest BCUT2D eigenvalue weighted by molar-refractivity contribution is 5.96. The number of amides is 2. The molecule has 1 atom stereocenters. The molecule has 6 N–H and O–H groups in total. The molecule has 0 fully saturated rings. The van der Waals surface area contributed by atoms with Crippen molar-refractivity contribution in [2.24, 2.45) is 0 Å². The fourth-order valence-electron chi connectivity index (χ4n) is 1.23. The van der Waals surface area contributed by atoms with E-state index in [-0.39, 0.29) is 0 Å². The zero-order valence-corrected chi connectivity index (χ0v) is 11.9. The third-order valence-electron chi connectivity index (χ3n) is 2.45. The lowest BCUT2D eigenvalue weighted by Crippen LogP contribution is -2.47. The molecule has 0 saturated carbocycles. The molecule has 0 aromatic carbocycles. The van der Waals surface area contributed by atoms with Gasteiger partial charge in [0.25, 0.3) is 0 Å². The summed E-state index contributed by atoms with van der Waals surface area (Å²) in [5, 5.41) is 35.3. The Balaban J connectivity index is 4.52. The average molecular weight is 328 g/mol. The van der Waals surface area contributed by atoms with Crippen molar-refractivity contribution >= 4 is 36.4 Å². The van der Waals surface area contributed by atoms with Crippen LogP contribution in [0.2, 0.25) is 0 Å². The van der Waals surface area contributed by atoms with Gasteiger partial charge >= 0.3 is 18.0 Å². The van der Waals surface area contributed by atoms with Gasteiger partial charge in [-0.15, -0.1) is 0 Å². The number of ether oxygens (including phenoxy) is 1. The molecule has 23 heavy (non-hydrogen) atoms. The molecule has 11 heteroatoms. The largest absolute Gasteiger partial charge is 0.481 e. The quantitative estimate of drug-likeness (QED) is 0.218. The number of carboxylic acid groups (broad SMARTS) is 2. The lowest BCUT2D eigenvalue weighted by Gasteiger charge is -2.21. The van der Waals surface area contributed by atoms with Crippen LogP contribution in [0, 0.1) is 10.8 Å². The fourth-order valence-corrected chi connectivity index (χ4v) is 1.23. The number of aliphatic carboxylic acids is 2. The topological polar surface area (TPSA) is 190 Å². The van der Waals surface area contributed by atoms with E-state index in [2.05, 4.69) is 6.58 Å². The number of rotatable bonds is 10. The van der Waals surface area contributed by atoms with Crippen molar-refractivity contribution in [1.82, 2.24) is 10.6 Å². The van der Waals surface area contributed by atoms with Gasteiger partial charge in [0.05, 0.1) is 6.42 Å². The lowest BCUT2D eigenvalue weighted by molar-refractivity contribution is -0.147. The van der Waals surface area contributed by atoms with Crippen LogP contribution in [0.5, 0.6) is 0 Å². The van der Waals surface area contributed by atoms with E-state index in [0.717, 1.165) is 6.08 Å². The predicted octanol–water partition coefficient (Wildman–Crippen LogP) is -1.02. The van der Waals surface area contributed by atoms with E-state index in [9.17, 15) is 19.2 Å². The van der Waals surface area contributed by atoms with Crippen LogP contribution in [0.1, 0.15) is 6.42 Å². The smallest absolute Gasteiger partial charge is 0.409 e. The third-order valence-corrected chi connectivity index (χ3v) is 2.45. The van der Waals surface area contributed by atoms with Crippen molar-refractivity contribution in [3.8, 4) is 0 Å². The molecule has 0 radical (unpaired) electrons. The lowest BCUT2D eigenvalue weighted by atomic mass is 10.1. The Bertz CT molecular complexity index is 510. The van der Waals surface area contributed by atoms with E-state index in [1.54, 1.807) is 0 Å². The van der Waals surface area contributed by atoms with Crippen LogP contribution in [0.3, 0.4) is 0 Å². The van der Waals surface area contributed by atoms with Crippen molar-refractivity contribution in [3.63, 3.8) is 0 Å². The van der Waals surface area contributed by atoms with Crippen molar-refractivity contribution in [1.29, 1.82) is 10.8 Å². The van der Waals surface area contributed by atoms with Gasteiger partial charge in [-0.3, -0.25) is 9.59 Å². The van der Waals surface area contributed by atoms with E-state index < -0.39 is 48.5 Å². The minimum Gasteiger partial charge on any atom is -0.481 e. The van der Waals surface area contributed by atoms with E-state index in [1.165, 1.54) is 0 Å². The molecule has 0 heterocycles. The fraction of sp³-hybridized carbons (Fsp3) is 0.333. The van der Waals surface area contributed by atoms with Crippen LogP contribution in [0.25, 0.3) is 0 Å². The van der Waals surface area contributed by atoms with Crippen LogP contribution < -0.4 is 10.6 Å². The van der Waals surface area contributed by atoms with E-state index in [0.29, 0.717) is 12.4 Å². The van der Waals surface area contributed by atoms with Gasteiger partial charge in [0, 0.05) is 12.4 Å². The van der Waals surface area contributed by atoms with Crippen molar-refractivity contribution in [3.05, 3.63) is 12.7 Å². The number of hydrogen-bond acceptors (Lipinski definition) is 7. The second-order valence-electron chi connectivity index (χ2n) is 4.15. The van der Waals surface area contributed by atoms with Gasteiger partial charge < -0.3 is 36.4 Å². The molecule has 126 valence electrons. The number of carbonyl (C=O) groups is 4. The van der Waals surface area contributed by atoms with Crippen LogP contribution in [-0.2, 0) is 19.1 Å². The highest BCUT2D eigenvalue weighted by Gasteiger charge is 2.27. The van der Waals surface area contributed by atoms with Gasteiger partial charge in [-0.05, 0) is 6.08 Å². The Morgan fingerprint density at radius 1 is 1.22 bits per heavy atom. The zero-order chi connectivity index (χ0) is 18.0. The summed E-state index contributed by atoms with van der Waals surface area (Å²) in [5.74, 6) is -3.91. The maximum Gasteiger partial charge on any atom is 0.409 e. The first-order valence-electron chi connectivity index (χ1n) is 6.07. The highest BCUT2D eigenvalue weighted by Crippen LogP contribution is 2.06. The van der Waals surface area contributed by atoms with Gasteiger partial charge in [0.15, 0.2) is 0 Å². The molecule has 1 unspecified atom stereocenters. The van der Waals surface area contributed by atoms with Gasteiger partial charge in [-0.2, -0.15) is 0 Å². The molecule has 0 aromatic rings. The predicted molar refractivity (Wildman–Crippen MR) is 76.8 cm³/mol. The number of carbonyl (C=O) groups excluding carboxylic acids is 2. The number of nitrogens with one attached hydrogen (secondary N) is 4. The second-order valence-corrected chi connectivity index (χ2v) is 4.15. The monoisotopic (exact) mass is 328 g/mol. The maximum absolute atomic E-state index is 11.5. The number of hydrogen-bond donors (Lipinski definition) is 6. The number of carboxylic acids is 2. The summed E-state index contributed by atoms with van der Waals surface area (Å²) in [6, 6.07) is -1.65. The molecule has 0 aliphatic carbocycles. The first kappa shape index (κ1) is 19.8. The van der Waals surface area contributed by atoms with Crippen LogP contribution in [0.15, 0.2) is 12.7 Å². The van der Waals surface area contributed by atoms with E-state index >= 15 is 0 Å². The van der Waals surface area contributed by atoms with Gasteiger partial charge in [-0.25, -0.2) is 9.59 Å². The molecule has 0 aliphatic rings. The van der Waals surface area contributed by atoms with E-state index in [4.69, 9.17) is 25.8 Å². The summed E-state index contributed by atoms with van der Waals surface area (Å²) in [5.41, 5.74) is -1.76. The Morgan fingerprint density at radius 3 is 2.17 bits per heavy atom. The maximum atomic E-state index is 11.5. The highest BCUT2D eigenvalue weighted by atomic mass is 16.6. The molecule has 0 aromatic heterocycles. The molecule has 0 rings (SSSR count). The second kappa shape index (κ2) is 8.92. The Kier molecular flexibility index (Phi) is 7.66. The van der Waals surface area contributed by atoms with Crippen LogP contribution in [-0.4, -0.2) is 64.8 Å². The molecular formula is C12H16N4O7. The summed E-state index contributed by atoms with van der Waals surface area (Å²) in [6.45, 7) is 2.61. The molecule has 0 saturated heterocycles. The molecule has 0 bridgehead atoms. The zero-order valence-electron chi connectivity index (χ0n) is 11.9. The minimum atomic E-state index is -1.76. The molecular weight excluding hydrogens is 312 g/mol. The molecule has 2 amide bonds. The summed E-state index contributed by atoms with van der Waals surface area (Å²) >= 11 is 0. The molecule has 11 nitrogen and oxygen atoms in total. The SMILES string of the molecule is C=CC(C=N)(C=N)OC(=O)NCC(=O)NC(CC(=O)O)C(=O)O. The Hall–Kier alpha value is -3.24. The van der Waals surface area contributed by atoms with Gasteiger partial charge in [-0.1, -0.05) is 6.58 Å². The summed E-state index contributed by atoms with van der Waals surface area (Å²) < 4.78 is 4.71. The van der Waals surface area contributed by atoms with Gasteiger partial charge in [0.1, 0.15) is 12.6 Å². The average Bonchev–Trinajstić information content (AvgIpc) is 2.49. The molecule has 0 spiro atoms. The third kappa shape index (κ3) is 6.84. The van der Waals surface area contributed by atoms with Gasteiger partial charge in [0.2, 0.25) is 11.5 Å². The minimum absolute atomic E-state index is 0.639. The normalized spacial score (nSPS) is 13.6. The summed E-state index contributed by atoms with van der Waals surface area (Å²) in [7, 11) is 0. The van der Waals surface area contributed by atoms with E-state index in [1.807, 2.05) is 10.6 Å². The first-order valence-corrected chi connectivity index (χ1v) is 6.07. The van der Waals surface area contributed by atoms with Crippen LogP contribution >= 0.6 is 0 Å². The Labute approximate surface area is 130 Å². The summed E-state index contributed by atoms with van der Waals surface area (Å²) in [4.78, 5) is 44.2. The Morgan fingerprint density at radius 2 is 1.78 bits per heavy atom. The molecule has 0 aliphatic heterocycles. The summed E-state index contributed by atoms with van der Waals surface area (Å²) in [6.07, 6.45) is 0.309. The standard InChI is InChI=1S/C12H16N4O7/c1-2-12(5-13,6-14)23-11(22)15-4-8(17)16-7(10(20)21)3-9(18)19/h2,5-7,13-14H,1,3-4H2,(H,15,22)(H,16,17)(H,18,19)(H,20,21). The van der Waals surface area contributed by atoms with Crippen molar-refractivity contribution < 1.29 is 34.1 Å². The van der Waals surface area contributed by atoms with Crippen molar-refractivity contribution in [2.45, 2.75) is 18.1 Å². The number of alkyl carbamates (subject to hydrolysis) is 1. The van der Waals surface area contributed by atoms with Crippen LogP contribution in [0.4, 0.5) is 4.79 Å². The van der Waals surface area contributed by atoms with Crippen molar-refractivity contribution in [2.75, 3.05) is 6.54 Å². The first-order chi connectivity index (χ1) is 10.7.